The van der Waals surface area contributed by atoms with Gasteiger partial charge in [-0.25, -0.2) is 0 Å². The highest BCUT2D eigenvalue weighted by Gasteiger charge is 1.61. The van der Waals surface area contributed by atoms with Gasteiger partial charge < -0.3 is 4.74 Å². The van der Waals surface area contributed by atoms with E-state index in [1.54, 1.807) is 6.08 Å². The molecule has 0 aromatic heterocycles. The Bertz CT molecular complexity index is 39.9. The highest BCUT2D eigenvalue weighted by atomic mass is 16.5. The van der Waals surface area contributed by atoms with Crippen molar-refractivity contribution in [1.82, 2.24) is 0 Å². The normalized spacial score (nSPS) is 6.67. The van der Waals surface area contributed by atoms with Crippen LogP contribution in [-0.2, 0) is 4.74 Å². The molecule has 0 aromatic carbocycles. The molecule has 6 heavy (non-hydrogen) atoms. The summed E-state index contributed by atoms with van der Waals surface area (Å²) in [5.74, 6) is 0. The first-order valence-electron chi connectivity index (χ1n) is 1.75. The van der Waals surface area contributed by atoms with Crippen LogP contribution in [0.15, 0.2) is 25.5 Å². The molecule has 34 valence electrons. The zero-order chi connectivity index (χ0) is 4.83. The molecule has 0 aliphatic carbocycles. The molecule has 0 aliphatic rings. The fraction of sp³-hybridized carbons (Fsp3) is 0.200. The molecule has 0 radical (unpaired) electrons. The third kappa shape index (κ3) is 3.28. The quantitative estimate of drug-likeness (QED) is 0.285. The molecular formula is C5H8O. The average molecular weight is 84.1 g/mol. The minimum absolute atomic E-state index is 0.559. The van der Waals surface area contributed by atoms with E-state index in [4.69, 9.17) is 0 Å². The standard InChI is InChI=1S/C5H8O/c1-3-5-6-4-2/h3-4H,1-2,5H2. The molecule has 0 amide bonds. The van der Waals surface area contributed by atoms with E-state index in [1.165, 1.54) is 6.26 Å². The lowest BCUT2D eigenvalue weighted by molar-refractivity contribution is 0.291. The molecule has 0 unspecified atom stereocenters. The van der Waals surface area contributed by atoms with E-state index in [9.17, 15) is 0 Å². The second-order valence-electron chi connectivity index (χ2n) is 0.789. The maximum atomic E-state index is 4.63. The van der Waals surface area contributed by atoms with Crippen LogP contribution >= 0.6 is 0 Å². The summed E-state index contributed by atoms with van der Waals surface area (Å²) in [4.78, 5) is 0. The molecule has 0 fully saturated rings. The molecule has 1 nitrogen and oxygen atoms in total. The minimum Gasteiger partial charge on any atom is -0.498 e. The van der Waals surface area contributed by atoms with Crippen molar-refractivity contribution in [2.24, 2.45) is 0 Å². The van der Waals surface area contributed by atoms with E-state index in [0.717, 1.165) is 0 Å². The van der Waals surface area contributed by atoms with Gasteiger partial charge in [-0.2, -0.15) is 0 Å². The van der Waals surface area contributed by atoms with Gasteiger partial charge in [-0.05, 0) is 0 Å². The number of hydrogen-bond acceptors (Lipinski definition) is 1. The van der Waals surface area contributed by atoms with E-state index in [0.29, 0.717) is 6.61 Å². The number of hydrogen-bond donors (Lipinski definition) is 0. The lowest BCUT2D eigenvalue weighted by Gasteiger charge is -1.86. The minimum atomic E-state index is 0.559. The van der Waals surface area contributed by atoms with Crippen LogP contribution in [0, 0.1) is 0 Å². The van der Waals surface area contributed by atoms with Crippen molar-refractivity contribution in [3.8, 4) is 0 Å². The third-order valence-corrected chi connectivity index (χ3v) is 0.332. The zero-order valence-corrected chi connectivity index (χ0v) is 3.68. The maximum absolute atomic E-state index is 4.63. The second kappa shape index (κ2) is 4.28. The van der Waals surface area contributed by atoms with E-state index in [-0.39, 0.29) is 0 Å². The molecule has 0 bridgehead atoms. The Morgan fingerprint density at radius 1 is 1.50 bits per heavy atom. The van der Waals surface area contributed by atoms with E-state index < -0.39 is 0 Å². The smallest absolute Gasteiger partial charge is 0.105 e. The predicted octanol–water partition coefficient (Wildman–Crippen LogP) is 1.33. The van der Waals surface area contributed by atoms with Crippen molar-refractivity contribution < 1.29 is 4.74 Å². The molecule has 1 heteroatoms. The molecule has 0 spiro atoms. The summed E-state index contributed by atoms with van der Waals surface area (Å²) in [5.41, 5.74) is 0. The van der Waals surface area contributed by atoms with Crippen molar-refractivity contribution in [2.45, 2.75) is 0 Å². The zero-order valence-electron chi connectivity index (χ0n) is 3.68. The first kappa shape index (κ1) is 5.28. The predicted molar refractivity (Wildman–Crippen MR) is 26.3 cm³/mol. The van der Waals surface area contributed by atoms with Gasteiger partial charge in [-0.3, -0.25) is 0 Å². The van der Waals surface area contributed by atoms with E-state index in [2.05, 4.69) is 17.9 Å². The van der Waals surface area contributed by atoms with Crippen LogP contribution < -0.4 is 0 Å². The van der Waals surface area contributed by atoms with Crippen LogP contribution in [0.5, 0.6) is 0 Å². The number of ether oxygens (including phenoxy) is 1. The summed E-state index contributed by atoms with van der Waals surface area (Å²) in [6.45, 7) is 7.31. The Kier molecular flexibility index (Phi) is 3.77. The van der Waals surface area contributed by atoms with Gasteiger partial charge in [0.1, 0.15) is 6.61 Å². The monoisotopic (exact) mass is 84.1 g/mol. The first-order valence-corrected chi connectivity index (χ1v) is 1.75. The number of rotatable bonds is 3. The van der Waals surface area contributed by atoms with Gasteiger partial charge >= 0.3 is 0 Å². The average Bonchev–Trinajstić information content (AvgIpc) is 1.61. The molecule has 0 atom stereocenters. The Hall–Kier alpha value is -0.720. The maximum Gasteiger partial charge on any atom is 0.105 e. The highest BCUT2D eigenvalue weighted by Crippen LogP contribution is 1.69. The van der Waals surface area contributed by atoms with Gasteiger partial charge in [-0.15, -0.1) is 0 Å². The lowest BCUT2D eigenvalue weighted by atomic mass is 10.7. The summed E-state index contributed by atoms with van der Waals surface area (Å²) in [6.07, 6.45) is 3.06. The van der Waals surface area contributed by atoms with Crippen LogP contribution in [0.1, 0.15) is 0 Å². The Labute approximate surface area is 37.9 Å². The highest BCUT2D eigenvalue weighted by molar-refractivity contribution is 4.65. The fourth-order valence-electron chi connectivity index (χ4n) is 0.136. The van der Waals surface area contributed by atoms with Crippen LogP contribution in [0.25, 0.3) is 0 Å². The van der Waals surface area contributed by atoms with Crippen LogP contribution in [0.4, 0.5) is 0 Å². The van der Waals surface area contributed by atoms with Gasteiger partial charge in [0.25, 0.3) is 0 Å². The molecule has 0 heterocycles. The summed E-state index contributed by atoms with van der Waals surface area (Å²) in [6, 6.07) is 0. The summed E-state index contributed by atoms with van der Waals surface area (Å²) >= 11 is 0. The summed E-state index contributed by atoms with van der Waals surface area (Å²) in [5, 5.41) is 0. The van der Waals surface area contributed by atoms with Crippen molar-refractivity contribution >= 4 is 0 Å². The van der Waals surface area contributed by atoms with E-state index >= 15 is 0 Å². The van der Waals surface area contributed by atoms with Crippen molar-refractivity contribution in [3.63, 3.8) is 0 Å². The molecule has 0 aliphatic heterocycles. The Morgan fingerprint density at radius 2 is 2.17 bits per heavy atom. The first-order chi connectivity index (χ1) is 2.91. The van der Waals surface area contributed by atoms with Crippen LogP contribution in [0.3, 0.4) is 0 Å². The Balaban J connectivity index is 2.66. The topological polar surface area (TPSA) is 9.23 Å². The van der Waals surface area contributed by atoms with Crippen LogP contribution in [0.2, 0.25) is 0 Å². The summed E-state index contributed by atoms with van der Waals surface area (Å²) < 4.78 is 4.63. The van der Waals surface area contributed by atoms with Crippen molar-refractivity contribution in [3.05, 3.63) is 25.5 Å². The summed E-state index contributed by atoms with van der Waals surface area (Å²) in [7, 11) is 0. The molecule has 0 saturated heterocycles. The van der Waals surface area contributed by atoms with Crippen molar-refractivity contribution in [2.75, 3.05) is 6.61 Å². The van der Waals surface area contributed by atoms with Gasteiger partial charge in [0.2, 0.25) is 0 Å². The van der Waals surface area contributed by atoms with Gasteiger partial charge in [0, 0.05) is 0 Å². The fourth-order valence-corrected chi connectivity index (χ4v) is 0.136. The second-order valence-corrected chi connectivity index (χ2v) is 0.789. The van der Waals surface area contributed by atoms with Gasteiger partial charge in [0.15, 0.2) is 0 Å². The van der Waals surface area contributed by atoms with Gasteiger partial charge in [-0.1, -0.05) is 19.2 Å². The molecule has 0 rings (SSSR count). The largest absolute Gasteiger partial charge is 0.498 e. The molecule has 0 aromatic rings. The SMILES string of the molecule is C=CCOC=C. The molecular weight excluding hydrogens is 76.1 g/mol. The Morgan fingerprint density at radius 3 is 2.33 bits per heavy atom. The van der Waals surface area contributed by atoms with Gasteiger partial charge in [0.05, 0.1) is 6.26 Å². The molecule has 0 N–H and O–H groups in total. The lowest BCUT2D eigenvalue weighted by Crippen LogP contribution is -1.75. The van der Waals surface area contributed by atoms with Crippen molar-refractivity contribution in [1.29, 1.82) is 0 Å². The molecule has 0 saturated carbocycles. The van der Waals surface area contributed by atoms with Crippen LogP contribution in [-0.4, -0.2) is 6.61 Å². The van der Waals surface area contributed by atoms with E-state index in [1.807, 2.05) is 0 Å². The third-order valence-electron chi connectivity index (χ3n) is 0.332.